The topological polar surface area (TPSA) is 84.2 Å². The summed E-state index contributed by atoms with van der Waals surface area (Å²) in [6.07, 6.45) is 22.9. The molecule has 2 saturated carbocycles. The van der Waals surface area contributed by atoms with Crippen molar-refractivity contribution in [1.82, 2.24) is 34.6 Å². The third-order valence-corrected chi connectivity index (χ3v) is 10.3. The summed E-state index contributed by atoms with van der Waals surface area (Å²) in [6.45, 7) is 7.49. The normalized spacial score (nSPS) is 27.2. The van der Waals surface area contributed by atoms with Crippen LogP contribution in [0.1, 0.15) is 88.7 Å². The molecule has 0 bridgehead atoms. The largest absolute Gasteiger partial charge is 0.347 e. The number of nitrogens with zero attached hydrogens (tertiary/aromatic N) is 5. The highest BCUT2D eigenvalue weighted by Gasteiger charge is 2.42. The van der Waals surface area contributed by atoms with Crippen molar-refractivity contribution in [3.63, 3.8) is 0 Å². The van der Waals surface area contributed by atoms with Crippen molar-refractivity contribution in [1.29, 1.82) is 0 Å². The Labute approximate surface area is 228 Å². The molecule has 8 nitrogen and oxygen atoms in total. The molecule has 4 fully saturated rings. The van der Waals surface area contributed by atoms with E-state index in [-0.39, 0.29) is 11.8 Å². The van der Waals surface area contributed by atoms with Gasteiger partial charge in [-0.1, -0.05) is 19.3 Å². The van der Waals surface area contributed by atoms with Gasteiger partial charge in [-0.3, -0.25) is 4.79 Å². The summed E-state index contributed by atoms with van der Waals surface area (Å²) in [7, 11) is 0. The van der Waals surface area contributed by atoms with Crippen molar-refractivity contribution in [2.24, 2.45) is 17.3 Å². The van der Waals surface area contributed by atoms with Gasteiger partial charge in [-0.15, -0.1) is 0 Å². The molecule has 4 heterocycles. The predicted octanol–water partition coefficient (Wildman–Crippen LogP) is 4.59. The molecule has 208 valence electrons. The number of rotatable bonds is 8. The van der Waals surface area contributed by atoms with Crippen LogP contribution in [0.15, 0.2) is 24.8 Å². The van der Waals surface area contributed by atoms with Crippen molar-refractivity contribution in [3.05, 3.63) is 36.4 Å². The SMILES string of the molecule is O=C(C1CCC(CN2CCC3(CCN(C4CCCCC4)CC3)C2)CC1)N(Cc1ncc[nH]1)Cc1ncc[nH]1. The lowest BCUT2D eigenvalue weighted by atomic mass is 9.77. The van der Waals surface area contributed by atoms with Crippen molar-refractivity contribution < 1.29 is 4.79 Å². The molecule has 0 atom stereocenters. The first-order valence-corrected chi connectivity index (χ1v) is 15.4. The highest BCUT2D eigenvalue weighted by Crippen LogP contribution is 2.42. The Morgan fingerprint density at radius 2 is 1.50 bits per heavy atom. The van der Waals surface area contributed by atoms with Gasteiger partial charge in [0.15, 0.2) is 0 Å². The zero-order chi connectivity index (χ0) is 25.8. The number of aromatic nitrogens is 4. The average molecular weight is 522 g/mol. The zero-order valence-corrected chi connectivity index (χ0v) is 23.1. The van der Waals surface area contributed by atoms with E-state index in [0.717, 1.165) is 36.5 Å². The van der Waals surface area contributed by atoms with Crippen LogP contribution in [0.4, 0.5) is 0 Å². The molecule has 2 aliphatic carbocycles. The molecule has 4 aliphatic rings. The Balaban J connectivity index is 0.963. The molecule has 0 radical (unpaired) electrons. The first kappa shape index (κ1) is 26.1. The number of nitrogens with one attached hydrogen (secondary N) is 2. The van der Waals surface area contributed by atoms with Gasteiger partial charge in [0.05, 0.1) is 13.1 Å². The van der Waals surface area contributed by atoms with Gasteiger partial charge in [0.25, 0.3) is 0 Å². The molecular formula is C30H47N7O. The van der Waals surface area contributed by atoms with Crippen LogP contribution >= 0.6 is 0 Å². The highest BCUT2D eigenvalue weighted by atomic mass is 16.2. The number of hydrogen-bond acceptors (Lipinski definition) is 5. The summed E-state index contributed by atoms with van der Waals surface area (Å²) in [4.78, 5) is 36.1. The second-order valence-corrected chi connectivity index (χ2v) is 12.8. The molecule has 2 aromatic rings. The van der Waals surface area contributed by atoms with Crippen LogP contribution in [0.5, 0.6) is 0 Å². The average Bonchev–Trinajstić information content (AvgIpc) is 3.74. The van der Waals surface area contributed by atoms with E-state index in [1.807, 2.05) is 17.3 Å². The molecule has 2 saturated heterocycles. The Morgan fingerprint density at radius 1 is 0.868 bits per heavy atom. The van der Waals surface area contributed by atoms with Gasteiger partial charge in [-0.25, -0.2) is 9.97 Å². The van der Waals surface area contributed by atoms with E-state index in [1.165, 1.54) is 96.9 Å². The van der Waals surface area contributed by atoms with Crippen molar-refractivity contribution >= 4 is 5.91 Å². The lowest BCUT2D eigenvalue weighted by molar-refractivity contribution is -0.138. The number of piperidine rings is 1. The maximum absolute atomic E-state index is 13.6. The van der Waals surface area contributed by atoms with Crippen molar-refractivity contribution in [2.45, 2.75) is 96.2 Å². The van der Waals surface area contributed by atoms with Crippen LogP contribution in [0.2, 0.25) is 0 Å². The Hall–Kier alpha value is -2.19. The summed E-state index contributed by atoms with van der Waals surface area (Å²) in [6, 6.07) is 0.880. The number of H-pyrrole nitrogens is 2. The minimum absolute atomic E-state index is 0.116. The monoisotopic (exact) mass is 521 g/mol. The fraction of sp³-hybridized carbons (Fsp3) is 0.767. The number of carbonyl (C=O) groups is 1. The van der Waals surface area contributed by atoms with E-state index in [4.69, 9.17) is 0 Å². The van der Waals surface area contributed by atoms with Gasteiger partial charge in [0, 0.05) is 49.8 Å². The van der Waals surface area contributed by atoms with Crippen molar-refractivity contribution in [2.75, 3.05) is 32.7 Å². The lowest BCUT2D eigenvalue weighted by Crippen LogP contribution is -2.47. The first-order chi connectivity index (χ1) is 18.7. The quantitative estimate of drug-likeness (QED) is 0.531. The van der Waals surface area contributed by atoms with Crippen LogP contribution in [-0.4, -0.2) is 79.3 Å². The molecule has 6 rings (SSSR count). The summed E-state index contributed by atoms with van der Waals surface area (Å²) >= 11 is 0. The molecule has 1 spiro atoms. The van der Waals surface area contributed by atoms with Crippen LogP contribution in [0, 0.1) is 17.3 Å². The van der Waals surface area contributed by atoms with Gasteiger partial charge in [0.1, 0.15) is 11.6 Å². The summed E-state index contributed by atoms with van der Waals surface area (Å²) < 4.78 is 0. The standard InChI is InChI=1S/C30H47N7O/c38-29(37(21-27-31-13-14-32-27)22-28-33-15-16-34-28)25-8-6-24(7-9-25)20-35-17-10-30(23-35)11-18-36(19-12-30)26-4-2-1-3-5-26/h13-16,24-26H,1-12,17-23H2,(H,31,32)(H,33,34). The Kier molecular flexibility index (Phi) is 8.16. The van der Waals surface area contributed by atoms with E-state index >= 15 is 0 Å². The van der Waals surface area contributed by atoms with Gasteiger partial charge >= 0.3 is 0 Å². The second-order valence-electron chi connectivity index (χ2n) is 12.8. The summed E-state index contributed by atoms with van der Waals surface area (Å²) in [5.41, 5.74) is 0.580. The maximum atomic E-state index is 13.6. The third-order valence-electron chi connectivity index (χ3n) is 10.3. The smallest absolute Gasteiger partial charge is 0.226 e. The Morgan fingerprint density at radius 3 is 2.11 bits per heavy atom. The van der Waals surface area contributed by atoms with Crippen LogP contribution in [0.3, 0.4) is 0 Å². The summed E-state index contributed by atoms with van der Waals surface area (Å²) in [5, 5.41) is 0. The minimum atomic E-state index is 0.116. The molecule has 38 heavy (non-hydrogen) atoms. The van der Waals surface area contributed by atoms with Gasteiger partial charge in [-0.2, -0.15) is 0 Å². The van der Waals surface area contributed by atoms with Crippen LogP contribution in [-0.2, 0) is 17.9 Å². The number of imidazole rings is 2. The number of likely N-dealkylation sites (tertiary alicyclic amines) is 2. The van der Waals surface area contributed by atoms with E-state index in [1.54, 1.807) is 12.4 Å². The predicted molar refractivity (Wildman–Crippen MR) is 148 cm³/mol. The third kappa shape index (κ3) is 6.17. The molecular weight excluding hydrogens is 474 g/mol. The molecule has 2 aliphatic heterocycles. The molecule has 2 aromatic heterocycles. The van der Waals surface area contributed by atoms with Gasteiger partial charge < -0.3 is 24.7 Å². The number of aromatic amines is 2. The highest BCUT2D eigenvalue weighted by molar-refractivity contribution is 5.78. The molecule has 8 heteroatoms. The van der Waals surface area contributed by atoms with Gasteiger partial charge in [0.2, 0.25) is 5.91 Å². The molecule has 2 N–H and O–H groups in total. The van der Waals surface area contributed by atoms with E-state index in [9.17, 15) is 4.79 Å². The molecule has 0 unspecified atom stereocenters. The van der Waals surface area contributed by atoms with Crippen LogP contribution in [0.25, 0.3) is 0 Å². The van der Waals surface area contributed by atoms with Crippen LogP contribution < -0.4 is 0 Å². The number of amides is 1. The molecule has 0 aromatic carbocycles. The van der Waals surface area contributed by atoms with Crippen molar-refractivity contribution in [3.8, 4) is 0 Å². The number of hydrogen-bond donors (Lipinski definition) is 2. The Bertz CT molecular complexity index is 948. The first-order valence-electron chi connectivity index (χ1n) is 15.4. The minimum Gasteiger partial charge on any atom is -0.347 e. The number of carbonyl (C=O) groups excluding carboxylic acids is 1. The fourth-order valence-corrected chi connectivity index (χ4v) is 7.96. The second kappa shape index (κ2) is 11.9. The van der Waals surface area contributed by atoms with E-state index in [0.29, 0.717) is 18.5 Å². The lowest BCUT2D eigenvalue weighted by Gasteiger charge is -2.44. The van der Waals surface area contributed by atoms with Gasteiger partial charge in [-0.05, 0) is 88.8 Å². The zero-order valence-electron chi connectivity index (χ0n) is 23.1. The molecule has 1 amide bonds. The van der Waals surface area contributed by atoms with E-state index < -0.39 is 0 Å². The van der Waals surface area contributed by atoms with E-state index in [2.05, 4.69) is 29.7 Å². The maximum Gasteiger partial charge on any atom is 0.226 e. The summed E-state index contributed by atoms with van der Waals surface area (Å²) in [5.74, 6) is 2.75. The fourth-order valence-electron chi connectivity index (χ4n) is 7.96.